The van der Waals surface area contributed by atoms with Crippen molar-refractivity contribution in [2.75, 3.05) is 0 Å². The summed E-state index contributed by atoms with van der Waals surface area (Å²) in [6.07, 6.45) is 0. The van der Waals surface area contributed by atoms with Crippen LogP contribution < -0.4 is 0 Å². The molecule has 5 aromatic rings. The van der Waals surface area contributed by atoms with E-state index in [1.54, 1.807) is 24.3 Å². The number of hydrogen-bond acceptors (Lipinski definition) is 8. The molecule has 0 spiro atoms. The molecule has 0 radical (unpaired) electrons. The molecule has 10 heteroatoms. The second kappa shape index (κ2) is 7.58. The highest BCUT2D eigenvalue weighted by molar-refractivity contribution is 5.65. The summed E-state index contributed by atoms with van der Waals surface area (Å²) in [5, 5.41) is 26.2. The van der Waals surface area contributed by atoms with Gasteiger partial charge in [-0.2, -0.15) is 9.97 Å². The minimum absolute atomic E-state index is 0.0408. The lowest BCUT2D eigenvalue weighted by Crippen LogP contribution is -1.87. The van der Waals surface area contributed by atoms with E-state index in [0.717, 1.165) is 12.1 Å². The van der Waals surface area contributed by atoms with Gasteiger partial charge >= 0.3 is 0 Å². The number of nitrogens with zero attached hydrogens (tertiary/aromatic N) is 4. The quantitative estimate of drug-likeness (QED) is 0.414. The molecule has 3 aromatic carbocycles. The Bertz CT molecular complexity index is 1320. The first-order valence-electron chi connectivity index (χ1n) is 9.24. The van der Waals surface area contributed by atoms with Crippen LogP contribution in [-0.2, 0) is 0 Å². The number of benzene rings is 3. The van der Waals surface area contributed by atoms with Crippen LogP contribution in [0, 0.1) is 11.6 Å². The van der Waals surface area contributed by atoms with Gasteiger partial charge in [-0.1, -0.05) is 10.3 Å². The molecule has 0 amide bonds. The topological polar surface area (TPSA) is 118 Å². The van der Waals surface area contributed by atoms with Gasteiger partial charge in [0.15, 0.2) is 0 Å². The first kappa shape index (κ1) is 19.4. The fraction of sp³-hybridized carbons (Fsp3) is 0. The zero-order valence-electron chi connectivity index (χ0n) is 16.0. The smallest absolute Gasteiger partial charge is 0.258 e. The molecule has 0 atom stereocenters. The second-order valence-electron chi connectivity index (χ2n) is 6.75. The molecule has 8 nitrogen and oxygen atoms in total. The maximum Gasteiger partial charge on any atom is 0.258 e. The lowest BCUT2D eigenvalue weighted by molar-refractivity contribution is 0.430. The predicted molar refractivity (Wildman–Crippen MR) is 107 cm³/mol. The summed E-state index contributed by atoms with van der Waals surface area (Å²) < 4.78 is 38.5. The zero-order valence-corrected chi connectivity index (χ0v) is 16.0. The molecular formula is C22H12F2N4O4. The van der Waals surface area contributed by atoms with Crippen LogP contribution in [0.1, 0.15) is 0 Å². The maximum atomic E-state index is 14.0. The molecule has 0 aliphatic heterocycles. The highest BCUT2D eigenvalue weighted by Gasteiger charge is 2.17. The lowest BCUT2D eigenvalue weighted by Gasteiger charge is -1.98. The summed E-state index contributed by atoms with van der Waals surface area (Å²) in [4.78, 5) is 8.38. The van der Waals surface area contributed by atoms with Crippen LogP contribution in [0.25, 0.3) is 45.7 Å². The summed E-state index contributed by atoms with van der Waals surface area (Å²) in [6, 6.07) is 14.0. The maximum absolute atomic E-state index is 14.0. The molecular weight excluding hydrogens is 422 g/mol. The van der Waals surface area contributed by atoms with E-state index in [1.807, 2.05) is 0 Å². The standard InChI is InChI=1S/C22H12F2N4O4/c23-17-9-13(29)5-7-15(17)19-25-21(31-27-19)11-1-2-12(4-3-11)22-26-20(28-32-22)16-8-6-14(30)10-18(16)24/h1-10,29-30H. The lowest BCUT2D eigenvalue weighted by atomic mass is 10.1. The molecule has 0 fully saturated rings. The molecule has 0 saturated heterocycles. The van der Waals surface area contributed by atoms with Crippen LogP contribution in [0.15, 0.2) is 69.7 Å². The van der Waals surface area contributed by atoms with Crippen molar-refractivity contribution < 1.29 is 28.0 Å². The van der Waals surface area contributed by atoms with Crippen LogP contribution in [0.4, 0.5) is 8.78 Å². The van der Waals surface area contributed by atoms with E-state index >= 15 is 0 Å². The van der Waals surface area contributed by atoms with Crippen LogP contribution >= 0.6 is 0 Å². The summed E-state index contributed by atoms with van der Waals surface area (Å²) in [7, 11) is 0. The Balaban J connectivity index is 1.39. The summed E-state index contributed by atoms with van der Waals surface area (Å²) in [5.41, 5.74) is 1.32. The largest absolute Gasteiger partial charge is 0.508 e. The average Bonchev–Trinajstić information content (AvgIpc) is 3.44. The molecule has 2 aromatic heterocycles. The minimum atomic E-state index is -0.676. The van der Waals surface area contributed by atoms with Gasteiger partial charge in [0, 0.05) is 23.3 Å². The van der Waals surface area contributed by atoms with Crippen molar-refractivity contribution in [2.24, 2.45) is 0 Å². The van der Waals surface area contributed by atoms with Gasteiger partial charge in [0.1, 0.15) is 23.1 Å². The molecule has 0 bridgehead atoms. The fourth-order valence-corrected chi connectivity index (χ4v) is 3.03. The third kappa shape index (κ3) is 3.54. The van der Waals surface area contributed by atoms with Crippen molar-refractivity contribution in [1.29, 1.82) is 0 Å². The van der Waals surface area contributed by atoms with E-state index < -0.39 is 11.6 Å². The van der Waals surface area contributed by atoms with Crippen LogP contribution in [-0.4, -0.2) is 30.5 Å². The molecule has 0 saturated carbocycles. The van der Waals surface area contributed by atoms with E-state index in [9.17, 15) is 19.0 Å². The van der Waals surface area contributed by atoms with Gasteiger partial charge in [-0.25, -0.2) is 8.78 Å². The third-order valence-corrected chi connectivity index (χ3v) is 4.62. The fourth-order valence-electron chi connectivity index (χ4n) is 3.03. The summed E-state index contributed by atoms with van der Waals surface area (Å²) in [6.45, 7) is 0. The van der Waals surface area contributed by atoms with Gasteiger partial charge in [-0.3, -0.25) is 0 Å². The number of hydrogen-bond donors (Lipinski definition) is 2. The molecule has 0 aliphatic rings. The van der Waals surface area contributed by atoms with Gasteiger partial charge in [-0.05, 0) is 48.5 Å². The van der Waals surface area contributed by atoms with Gasteiger partial charge in [0.25, 0.3) is 11.8 Å². The Morgan fingerprint density at radius 2 is 1.00 bits per heavy atom. The van der Waals surface area contributed by atoms with Crippen LogP contribution in [0.5, 0.6) is 11.5 Å². The highest BCUT2D eigenvalue weighted by Crippen LogP contribution is 2.29. The first-order chi connectivity index (χ1) is 15.5. The van der Waals surface area contributed by atoms with Crippen molar-refractivity contribution in [3.8, 4) is 57.2 Å². The summed E-state index contributed by atoms with van der Waals surface area (Å²) >= 11 is 0. The zero-order chi connectivity index (χ0) is 22.2. The molecule has 2 heterocycles. The number of aromatic hydroxyl groups is 2. The predicted octanol–water partition coefficient (Wildman–Crippen LogP) is 4.81. The van der Waals surface area contributed by atoms with Gasteiger partial charge in [-0.15, -0.1) is 0 Å². The van der Waals surface area contributed by atoms with E-state index in [4.69, 9.17) is 9.05 Å². The SMILES string of the molecule is Oc1ccc(-c2noc(-c3ccc(-c4nc(-c5ccc(O)cc5F)no4)cc3)n2)c(F)c1. The molecule has 158 valence electrons. The third-order valence-electron chi connectivity index (χ3n) is 4.62. The Morgan fingerprint density at radius 3 is 1.38 bits per heavy atom. The van der Waals surface area contributed by atoms with Crippen molar-refractivity contribution >= 4 is 0 Å². The number of aromatic nitrogens is 4. The summed E-state index contributed by atoms with van der Waals surface area (Å²) in [5.74, 6) is -1.35. The number of phenolic OH excluding ortho intramolecular Hbond substituents is 2. The van der Waals surface area contributed by atoms with E-state index in [2.05, 4.69) is 20.3 Å². The monoisotopic (exact) mass is 434 g/mol. The van der Waals surface area contributed by atoms with Crippen LogP contribution in [0.2, 0.25) is 0 Å². The Kier molecular flexibility index (Phi) is 4.59. The van der Waals surface area contributed by atoms with E-state index in [1.165, 1.54) is 24.3 Å². The normalized spacial score (nSPS) is 11.1. The van der Waals surface area contributed by atoms with E-state index in [0.29, 0.717) is 11.1 Å². The van der Waals surface area contributed by atoms with Gasteiger partial charge < -0.3 is 19.3 Å². The number of halogens is 2. The van der Waals surface area contributed by atoms with Crippen molar-refractivity contribution in [1.82, 2.24) is 20.3 Å². The first-order valence-corrected chi connectivity index (χ1v) is 9.24. The second-order valence-corrected chi connectivity index (χ2v) is 6.75. The number of rotatable bonds is 4. The molecule has 0 aliphatic carbocycles. The molecule has 2 N–H and O–H groups in total. The van der Waals surface area contributed by atoms with Crippen molar-refractivity contribution in [3.63, 3.8) is 0 Å². The van der Waals surface area contributed by atoms with E-state index in [-0.39, 0.29) is 46.1 Å². The minimum Gasteiger partial charge on any atom is -0.508 e. The number of phenols is 2. The highest BCUT2D eigenvalue weighted by atomic mass is 19.1. The van der Waals surface area contributed by atoms with Crippen molar-refractivity contribution in [2.45, 2.75) is 0 Å². The van der Waals surface area contributed by atoms with Crippen molar-refractivity contribution in [3.05, 3.63) is 72.3 Å². The van der Waals surface area contributed by atoms with Gasteiger partial charge in [0.2, 0.25) is 11.6 Å². The Hall–Kier alpha value is -4.60. The molecule has 32 heavy (non-hydrogen) atoms. The Morgan fingerprint density at radius 1 is 0.594 bits per heavy atom. The van der Waals surface area contributed by atoms with Crippen LogP contribution in [0.3, 0.4) is 0 Å². The van der Waals surface area contributed by atoms with Gasteiger partial charge in [0.05, 0.1) is 11.1 Å². The average molecular weight is 434 g/mol. The Labute approximate surface area is 178 Å². The molecule has 5 rings (SSSR count). The molecule has 0 unspecified atom stereocenters.